The third-order valence-electron chi connectivity index (χ3n) is 7.54. The van der Waals surface area contributed by atoms with Gasteiger partial charge in [0.25, 0.3) is 0 Å². The molecule has 0 saturated carbocycles. The minimum Gasteiger partial charge on any atom is -0.357 e. The van der Waals surface area contributed by atoms with Gasteiger partial charge in [0.2, 0.25) is 5.91 Å². The largest absolute Gasteiger partial charge is 0.357 e. The second kappa shape index (κ2) is 10.1. The highest BCUT2D eigenvalue weighted by molar-refractivity contribution is 5.95. The van der Waals surface area contributed by atoms with E-state index in [0.717, 1.165) is 37.4 Å². The van der Waals surface area contributed by atoms with E-state index in [2.05, 4.69) is 71.3 Å². The summed E-state index contributed by atoms with van der Waals surface area (Å²) in [4.78, 5) is 17.7. The molecular weight excluding hydrogens is 402 g/mol. The normalized spacial score (nSPS) is 32.7. The van der Waals surface area contributed by atoms with Crippen molar-refractivity contribution < 1.29 is 4.79 Å². The second-order valence-corrected chi connectivity index (χ2v) is 10.0. The first-order valence-electron chi connectivity index (χ1n) is 12.1. The molecule has 5 unspecified atom stereocenters. The lowest BCUT2D eigenvalue weighted by atomic mass is 9.87. The number of rotatable bonds is 5. The Balaban J connectivity index is 1.45. The predicted octanol–water partition coefficient (Wildman–Crippen LogP) is 1.86. The molecule has 4 rings (SSSR count). The molecule has 0 aromatic heterocycles. The summed E-state index contributed by atoms with van der Waals surface area (Å²) in [6, 6.07) is 6.90. The Morgan fingerprint density at radius 1 is 1.19 bits per heavy atom. The van der Waals surface area contributed by atoms with Gasteiger partial charge in [-0.25, -0.2) is 5.01 Å². The van der Waals surface area contributed by atoms with Gasteiger partial charge in [-0.1, -0.05) is 6.07 Å². The number of hydrogen-bond donors (Lipinski definition) is 4. The number of aryl methyl sites for hydroxylation is 1. The zero-order chi connectivity index (χ0) is 22.8. The van der Waals surface area contributed by atoms with Crippen LogP contribution in [0.3, 0.4) is 0 Å². The van der Waals surface area contributed by atoms with Gasteiger partial charge in [0.1, 0.15) is 12.3 Å². The molecule has 178 valence electrons. The fourth-order valence-corrected chi connectivity index (χ4v) is 5.63. The Morgan fingerprint density at radius 3 is 2.69 bits per heavy atom. The van der Waals surface area contributed by atoms with Crippen molar-refractivity contribution in [2.24, 2.45) is 5.92 Å². The fourth-order valence-electron chi connectivity index (χ4n) is 5.63. The average Bonchev–Trinajstić information content (AvgIpc) is 3.12. The van der Waals surface area contributed by atoms with Crippen LogP contribution in [-0.2, 0) is 4.79 Å². The van der Waals surface area contributed by atoms with E-state index in [1.807, 2.05) is 18.1 Å². The molecule has 0 spiro atoms. The Kier molecular flexibility index (Phi) is 7.37. The van der Waals surface area contributed by atoms with Crippen LogP contribution in [0, 0.1) is 12.8 Å². The minimum atomic E-state index is -0.150. The van der Waals surface area contributed by atoms with Crippen LogP contribution in [-0.4, -0.2) is 85.9 Å². The van der Waals surface area contributed by atoms with Gasteiger partial charge in [0.05, 0.1) is 0 Å². The van der Waals surface area contributed by atoms with E-state index in [-0.39, 0.29) is 18.2 Å². The Labute approximate surface area is 193 Å². The molecule has 4 N–H and O–H groups in total. The Morgan fingerprint density at radius 2 is 2.00 bits per heavy atom. The number of carbonyl (C=O) groups excluding carboxylic acids is 1. The minimum absolute atomic E-state index is 0.0379. The van der Waals surface area contributed by atoms with Gasteiger partial charge >= 0.3 is 0 Å². The van der Waals surface area contributed by atoms with Crippen LogP contribution < -0.4 is 21.4 Å². The van der Waals surface area contributed by atoms with Gasteiger partial charge in [0.15, 0.2) is 0 Å². The molecule has 5 atom stereocenters. The predicted molar refractivity (Wildman–Crippen MR) is 130 cm³/mol. The van der Waals surface area contributed by atoms with Gasteiger partial charge in [-0.15, -0.1) is 0 Å². The topological polar surface area (TPSA) is 74.9 Å². The molecule has 8 heteroatoms. The number of amides is 1. The number of benzene rings is 1. The lowest BCUT2D eigenvalue weighted by Gasteiger charge is -2.49. The zero-order valence-corrected chi connectivity index (χ0v) is 20.3. The van der Waals surface area contributed by atoms with E-state index < -0.39 is 0 Å². The summed E-state index contributed by atoms with van der Waals surface area (Å²) in [7, 11) is 6.37. The number of likely N-dealkylation sites (N-methyl/N-ethyl adjacent to an activating group) is 1. The van der Waals surface area contributed by atoms with Crippen molar-refractivity contribution in [2.45, 2.75) is 63.9 Å². The first-order valence-corrected chi connectivity index (χ1v) is 12.1. The van der Waals surface area contributed by atoms with Crippen LogP contribution >= 0.6 is 0 Å². The maximum atomic E-state index is 12.8. The molecular formula is C24H41N7O. The average molecular weight is 444 g/mol. The Bertz CT molecular complexity index is 797. The van der Waals surface area contributed by atoms with E-state index in [0.29, 0.717) is 18.0 Å². The third kappa shape index (κ3) is 5.10. The van der Waals surface area contributed by atoms with Crippen molar-refractivity contribution in [3.8, 4) is 0 Å². The van der Waals surface area contributed by atoms with Gasteiger partial charge in [-0.3, -0.25) is 20.0 Å². The molecule has 3 heterocycles. The van der Waals surface area contributed by atoms with Gasteiger partial charge < -0.3 is 16.0 Å². The van der Waals surface area contributed by atoms with Gasteiger partial charge in [0, 0.05) is 37.1 Å². The maximum absolute atomic E-state index is 12.8. The smallest absolute Gasteiger partial charge is 0.243 e. The van der Waals surface area contributed by atoms with Crippen molar-refractivity contribution in [3.63, 3.8) is 0 Å². The van der Waals surface area contributed by atoms with Gasteiger partial charge in [-0.2, -0.15) is 0 Å². The molecule has 3 saturated heterocycles. The number of carbonyl (C=O) groups is 1. The van der Waals surface area contributed by atoms with Crippen molar-refractivity contribution in [3.05, 3.63) is 23.8 Å². The molecule has 3 fully saturated rings. The third-order valence-corrected chi connectivity index (χ3v) is 7.54. The monoisotopic (exact) mass is 443 g/mol. The number of anilines is 2. The number of piperidine rings is 1. The van der Waals surface area contributed by atoms with Crippen LogP contribution in [0.15, 0.2) is 18.2 Å². The highest BCUT2D eigenvalue weighted by Crippen LogP contribution is 2.29. The SMILES string of the molecule is Cc1ccc(NC(=O)C2CC(C)NN2C)cc1NC1N(C)CCC(C2CCCNC2)N1C. The summed E-state index contributed by atoms with van der Waals surface area (Å²) < 4.78 is 0. The Hall–Kier alpha value is -1.71. The standard InChI is InChI=1S/C24H41N7O/c1-16-8-9-19(26-23(32)22-13-17(2)28-31(22)5)14-20(16)27-24-29(3)12-10-21(30(24)4)18-7-6-11-25-15-18/h8-9,14,17-18,21-22,24-25,27-28H,6-7,10-13,15H2,1-5H3,(H,26,32). The van der Waals surface area contributed by atoms with E-state index >= 15 is 0 Å². The van der Waals surface area contributed by atoms with Gasteiger partial charge in [-0.05, 0) is 90.3 Å². The van der Waals surface area contributed by atoms with Crippen LogP contribution in [0.2, 0.25) is 0 Å². The quantitative estimate of drug-likeness (QED) is 0.554. The number of hydrazine groups is 1. The van der Waals surface area contributed by atoms with Crippen molar-refractivity contribution in [1.29, 1.82) is 0 Å². The highest BCUT2D eigenvalue weighted by atomic mass is 16.2. The summed E-state index contributed by atoms with van der Waals surface area (Å²) in [5.74, 6) is 0.744. The summed E-state index contributed by atoms with van der Waals surface area (Å²) in [5, 5.41) is 12.4. The molecule has 1 amide bonds. The first-order chi connectivity index (χ1) is 15.3. The molecule has 32 heavy (non-hydrogen) atoms. The number of nitrogens with zero attached hydrogens (tertiary/aromatic N) is 3. The van der Waals surface area contributed by atoms with E-state index in [9.17, 15) is 4.79 Å². The highest BCUT2D eigenvalue weighted by Gasteiger charge is 2.36. The van der Waals surface area contributed by atoms with Crippen molar-refractivity contribution in [1.82, 2.24) is 25.6 Å². The summed E-state index contributed by atoms with van der Waals surface area (Å²) in [6.07, 6.45) is 4.73. The lowest BCUT2D eigenvalue weighted by molar-refractivity contribution is -0.120. The van der Waals surface area contributed by atoms with Crippen LogP contribution in [0.5, 0.6) is 0 Å². The van der Waals surface area contributed by atoms with E-state index in [1.54, 1.807) is 0 Å². The summed E-state index contributed by atoms with van der Waals surface area (Å²) in [6.45, 7) is 7.58. The second-order valence-electron chi connectivity index (χ2n) is 10.0. The fraction of sp³-hybridized carbons (Fsp3) is 0.708. The maximum Gasteiger partial charge on any atom is 0.243 e. The van der Waals surface area contributed by atoms with Crippen molar-refractivity contribution >= 4 is 17.3 Å². The number of nitrogens with one attached hydrogen (secondary N) is 4. The van der Waals surface area contributed by atoms with Crippen LogP contribution in [0.25, 0.3) is 0 Å². The molecule has 3 aliphatic heterocycles. The molecule has 8 nitrogen and oxygen atoms in total. The number of hydrogen-bond acceptors (Lipinski definition) is 7. The zero-order valence-electron chi connectivity index (χ0n) is 20.3. The van der Waals surface area contributed by atoms with Crippen molar-refractivity contribution in [2.75, 3.05) is 51.4 Å². The molecule has 0 aliphatic carbocycles. The molecule has 1 aromatic carbocycles. The first kappa shape index (κ1) is 23.4. The molecule has 0 radical (unpaired) electrons. The molecule has 0 bridgehead atoms. The summed E-state index contributed by atoms with van der Waals surface area (Å²) >= 11 is 0. The van der Waals surface area contributed by atoms with Crippen LogP contribution in [0.1, 0.15) is 38.2 Å². The van der Waals surface area contributed by atoms with E-state index in [4.69, 9.17) is 0 Å². The lowest BCUT2D eigenvalue weighted by Crippen LogP contribution is -2.61. The summed E-state index contributed by atoms with van der Waals surface area (Å²) in [5.41, 5.74) is 6.38. The van der Waals surface area contributed by atoms with Crippen LogP contribution in [0.4, 0.5) is 11.4 Å². The van der Waals surface area contributed by atoms with E-state index in [1.165, 1.54) is 24.8 Å². The molecule has 1 aromatic rings. The molecule has 3 aliphatic rings.